The van der Waals surface area contributed by atoms with E-state index in [1.54, 1.807) is 18.2 Å². The van der Waals surface area contributed by atoms with Gasteiger partial charge >= 0.3 is 5.97 Å². The van der Waals surface area contributed by atoms with Gasteiger partial charge in [-0.15, -0.1) is 11.3 Å². The summed E-state index contributed by atoms with van der Waals surface area (Å²) in [4.78, 5) is 25.5. The maximum Gasteiger partial charge on any atom is 0.339 e. The van der Waals surface area contributed by atoms with E-state index in [0.717, 1.165) is 14.2 Å². The summed E-state index contributed by atoms with van der Waals surface area (Å²) in [5.74, 6) is -0.835. The van der Waals surface area contributed by atoms with Crippen LogP contribution in [0.15, 0.2) is 34.8 Å². The molecule has 0 aliphatic rings. The standard InChI is InChI=1S/C15H14BrNO3S/c1-9-7-13(10(2)21-9)15(19)20-8-14(18)17-12-5-3-11(16)4-6-12/h3-7H,8H2,1-2H3,(H,17,18). The fraction of sp³-hybridized carbons (Fsp3) is 0.200. The summed E-state index contributed by atoms with van der Waals surface area (Å²) in [6, 6.07) is 8.93. The van der Waals surface area contributed by atoms with Gasteiger partial charge in [0.2, 0.25) is 0 Å². The average Bonchev–Trinajstić information content (AvgIpc) is 2.78. The van der Waals surface area contributed by atoms with Gasteiger partial charge < -0.3 is 10.1 Å². The number of halogens is 1. The van der Waals surface area contributed by atoms with Gasteiger partial charge in [-0.2, -0.15) is 0 Å². The van der Waals surface area contributed by atoms with E-state index in [9.17, 15) is 9.59 Å². The quantitative estimate of drug-likeness (QED) is 0.833. The van der Waals surface area contributed by atoms with Crippen LogP contribution in [0.4, 0.5) is 5.69 Å². The van der Waals surface area contributed by atoms with E-state index in [0.29, 0.717) is 11.3 Å². The Hall–Kier alpha value is -1.66. The molecule has 2 aromatic rings. The Morgan fingerprint density at radius 3 is 2.48 bits per heavy atom. The summed E-state index contributed by atoms with van der Waals surface area (Å²) < 4.78 is 5.95. The molecule has 110 valence electrons. The Morgan fingerprint density at radius 1 is 1.24 bits per heavy atom. The van der Waals surface area contributed by atoms with E-state index in [-0.39, 0.29) is 12.5 Å². The maximum absolute atomic E-state index is 11.9. The minimum absolute atomic E-state index is 0.302. The maximum atomic E-state index is 11.9. The second kappa shape index (κ2) is 6.87. The lowest BCUT2D eigenvalue weighted by molar-refractivity contribution is -0.119. The van der Waals surface area contributed by atoms with Crippen LogP contribution in [-0.2, 0) is 9.53 Å². The molecule has 6 heteroatoms. The van der Waals surface area contributed by atoms with E-state index < -0.39 is 5.97 Å². The SMILES string of the molecule is Cc1cc(C(=O)OCC(=O)Nc2ccc(Br)cc2)c(C)s1. The fourth-order valence-electron chi connectivity index (χ4n) is 1.77. The minimum atomic E-state index is -0.470. The molecule has 1 aromatic heterocycles. The Labute approximate surface area is 135 Å². The molecule has 1 heterocycles. The summed E-state index contributed by atoms with van der Waals surface area (Å²) in [6.45, 7) is 3.48. The molecule has 0 bridgehead atoms. The molecule has 21 heavy (non-hydrogen) atoms. The van der Waals surface area contributed by atoms with E-state index in [4.69, 9.17) is 4.74 Å². The lowest BCUT2D eigenvalue weighted by Crippen LogP contribution is -2.20. The van der Waals surface area contributed by atoms with Crippen LogP contribution in [0.5, 0.6) is 0 Å². The molecule has 0 spiro atoms. The van der Waals surface area contributed by atoms with Gasteiger partial charge in [-0.3, -0.25) is 4.79 Å². The molecule has 4 nitrogen and oxygen atoms in total. The van der Waals surface area contributed by atoms with Crippen molar-refractivity contribution >= 4 is 44.8 Å². The highest BCUT2D eigenvalue weighted by atomic mass is 79.9. The lowest BCUT2D eigenvalue weighted by atomic mass is 10.2. The molecule has 1 amide bonds. The van der Waals surface area contributed by atoms with Crippen molar-refractivity contribution < 1.29 is 14.3 Å². The van der Waals surface area contributed by atoms with E-state index >= 15 is 0 Å². The first-order chi connectivity index (χ1) is 9.95. The first-order valence-corrected chi connectivity index (χ1v) is 7.86. The minimum Gasteiger partial charge on any atom is -0.452 e. The topological polar surface area (TPSA) is 55.4 Å². The van der Waals surface area contributed by atoms with Gasteiger partial charge in [0.15, 0.2) is 6.61 Å². The lowest BCUT2D eigenvalue weighted by Gasteiger charge is -2.06. The second-order valence-corrected chi connectivity index (χ2v) is 6.83. The van der Waals surface area contributed by atoms with Gasteiger partial charge in [-0.05, 0) is 44.2 Å². The van der Waals surface area contributed by atoms with Gasteiger partial charge in [0.25, 0.3) is 5.91 Å². The summed E-state index contributed by atoms with van der Waals surface area (Å²) >= 11 is 4.84. The smallest absolute Gasteiger partial charge is 0.339 e. The van der Waals surface area contributed by atoms with Crippen molar-refractivity contribution in [2.45, 2.75) is 13.8 Å². The van der Waals surface area contributed by atoms with Gasteiger partial charge in [0, 0.05) is 19.9 Å². The number of anilines is 1. The normalized spacial score (nSPS) is 10.2. The van der Waals surface area contributed by atoms with Gasteiger partial charge in [0.05, 0.1) is 5.56 Å². The molecule has 0 radical (unpaired) electrons. The molecular formula is C15H14BrNO3S. The number of carbonyl (C=O) groups is 2. The summed E-state index contributed by atoms with van der Waals surface area (Å²) in [5.41, 5.74) is 1.18. The van der Waals surface area contributed by atoms with Crippen LogP contribution in [0.25, 0.3) is 0 Å². The van der Waals surface area contributed by atoms with Crippen molar-refractivity contribution in [2.24, 2.45) is 0 Å². The molecular weight excluding hydrogens is 354 g/mol. The number of esters is 1. The monoisotopic (exact) mass is 367 g/mol. The molecule has 1 aromatic carbocycles. The summed E-state index contributed by atoms with van der Waals surface area (Å²) in [7, 11) is 0. The van der Waals surface area contributed by atoms with Crippen molar-refractivity contribution in [1.82, 2.24) is 0 Å². The summed E-state index contributed by atoms with van der Waals surface area (Å²) in [6.07, 6.45) is 0. The highest BCUT2D eigenvalue weighted by Crippen LogP contribution is 2.21. The molecule has 0 aliphatic carbocycles. The first-order valence-electron chi connectivity index (χ1n) is 6.25. The van der Waals surface area contributed by atoms with Crippen LogP contribution in [0.1, 0.15) is 20.1 Å². The number of aryl methyl sites for hydroxylation is 2. The third kappa shape index (κ3) is 4.41. The zero-order valence-corrected chi connectivity index (χ0v) is 14.0. The Bertz CT molecular complexity index is 664. The van der Waals surface area contributed by atoms with Gasteiger partial charge in [0.1, 0.15) is 0 Å². The molecule has 0 aliphatic heterocycles. The molecule has 0 saturated carbocycles. The third-order valence-corrected chi connectivity index (χ3v) is 4.22. The van der Waals surface area contributed by atoms with Crippen LogP contribution in [0.2, 0.25) is 0 Å². The van der Waals surface area contributed by atoms with Gasteiger partial charge in [-0.25, -0.2) is 4.79 Å². The first kappa shape index (κ1) is 15.7. The number of amides is 1. The molecule has 0 fully saturated rings. The van der Waals surface area contributed by atoms with E-state index in [2.05, 4.69) is 21.2 Å². The predicted octanol–water partition coefficient (Wildman–Crippen LogP) is 3.92. The molecule has 1 N–H and O–H groups in total. The number of rotatable bonds is 4. The number of nitrogens with one attached hydrogen (secondary N) is 1. The van der Waals surface area contributed by atoms with Crippen molar-refractivity contribution in [2.75, 3.05) is 11.9 Å². The van der Waals surface area contributed by atoms with Crippen LogP contribution < -0.4 is 5.32 Å². The van der Waals surface area contributed by atoms with Gasteiger partial charge in [-0.1, -0.05) is 15.9 Å². The van der Waals surface area contributed by atoms with Crippen molar-refractivity contribution in [1.29, 1.82) is 0 Å². The number of hydrogen-bond acceptors (Lipinski definition) is 4. The summed E-state index contributed by atoms with van der Waals surface area (Å²) in [5, 5.41) is 2.66. The van der Waals surface area contributed by atoms with E-state index in [1.165, 1.54) is 11.3 Å². The zero-order valence-electron chi connectivity index (χ0n) is 11.6. The van der Waals surface area contributed by atoms with Crippen molar-refractivity contribution in [3.63, 3.8) is 0 Å². The average molecular weight is 368 g/mol. The van der Waals surface area contributed by atoms with Crippen LogP contribution in [-0.4, -0.2) is 18.5 Å². The van der Waals surface area contributed by atoms with Crippen LogP contribution in [0, 0.1) is 13.8 Å². The second-order valence-electron chi connectivity index (χ2n) is 4.46. The van der Waals surface area contributed by atoms with Crippen molar-refractivity contribution in [3.05, 3.63) is 50.1 Å². The predicted molar refractivity (Wildman–Crippen MR) is 86.8 cm³/mol. The molecule has 0 saturated heterocycles. The van der Waals surface area contributed by atoms with Crippen LogP contribution >= 0.6 is 27.3 Å². The molecule has 0 unspecified atom stereocenters. The molecule has 2 rings (SSSR count). The van der Waals surface area contributed by atoms with Crippen molar-refractivity contribution in [3.8, 4) is 0 Å². The number of carbonyl (C=O) groups excluding carboxylic acids is 2. The number of benzene rings is 1. The molecule has 0 atom stereocenters. The third-order valence-electron chi connectivity index (χ3n) is 2.72. The highest BCUT2D eigenvalue weighted by Gasteiger charge is 2.15. The Kier molecular flexibility index (Phi) is 5.14. The number of hydrogen-bond donors (Lipinski definition) is 1. The van der Waals surface area contributed by atoms with E-state index in [1.807, 2.05) is 26.0 Å². The number of thiophene rings is 1. The van der Waals surface area contributed by atoms with Crippen LogP contribution in [0.3, 0.4) is 0 Å². The Morgan fingerprint density at radius 2 is 1.90 bits per heavy atom. The number of ether oxygens (including phenoxy) is 1. The zero-order chi connectivity index (χ0) is 15.4. The fourth-order valence-corrected chi connectivity index (χ4v) is 2.95. The highest BCUT2D eigenvalue weighted by molar-refractivity contribution is 9.10. The Balaban J connectivity index is 1.88. The largest absolute Gasteiger partial charge is 0.452 e.